The van der Waals surface area contributed by atoms with Crippen LogP contribution >= 0.6 is 23.7 Å². The predicted molar refractivity (Wildman–Crippen MR) is 106 cm³/mol. The Morgan fingerprint density at radius 3 is 2.96 bits per heavy atom. The van der Waals surface area contributed by atoms with Crippen molar-refractivity contribution in [3.05, 3.63) is 51.5 Å². The Balaban J connectivity index is 0.00000225. The molecule has 1 saturated heterocycles. The fraction of sp³-hybridized carbons (Fsp3) is 0.474. The van der Waals surface area contributed by atoms with Crippen LogP contribution in [0.4, 0.5) is 0 Å². The lowest BCUT2D eigenvalue weighted by molar-refractivity contribution is 0.0675. The van der Waals surface area contributed by atoms with Crippen LogP contribution in [0, 0.1) is 6.92 Å². The molecule has 1 amide bonds. The van der Waals surface area contributed by atoms with E-state index in [1.165, 1.54) is 28.9 Å². The van der Waals surface area contributed by atoms with Gasteiger partial charge < -0.3 is 10.6 Å². The van der Waals surface area contributed by atoms with Crippen LogP contribution in [-0.2, 0) is 6.42 Å². The Hall–Kier alpha value is -1.43. The van der Waals surface area contributed by atoms with E-state index in [4.69, 9.17) is 5.73 Å². The summed E-state index contributed by atoms with van der Waals surface area (Å²) in [4.78, 5) is 19.6. The van der Waals surface area contributed by atoms with Crippen molar-refractivity contribution in [3.8, 4) is 0 Å². The Kier molecular flexibility index (Phi) is 7.41. The van der Waals surface area contributed by atoms with Crippen molar-refractivity contribution in [1.29, 1.82) is 0 Å². The van der Waals surface area contributed by atoms with Gasteiger partial charge in [-0.05, 0) is 31.9 Å². The molecule has 1 fully saturated rings. The number of carbonyl (C=O) groups excluding carboxylic acids is 1. The zero-order valence-corrected chi connectivity index (χ0v) is 16.2. The quantitative estimate of drug-likeness (QED) is 0.868. The fourth-order valence-electron chi connectivity index (χ4n) is 3.37. The number of thiazole rings is 1. The molecule has 2 aromatic rings. The summed E-state index contributed by atoms with van der Waals surface area (Å²) in [5.74, 6) is 0.0583. The van der Waals surface area contributed by atoms with E-state index < -0.39 is 0 Å². The summed E-state index contributed by atoms with van der Waals surface area (Å²) in [5.41, 5.74) is 8.64. The summed E-state index contributed by atoms with van der Waals surface area (Å²) in [6, 6.07) is 8.69. The molecule has 1 atom stereocenters. The number of nitrogens with zero attached hydrogens (tertiary/aromatic N) is 2. The Labute approximate surface area is 159 Å². The number of likely N-dealkylation sites (tertiary alicyclic amines) is 1. The van der Waals surface area contributed by atoms with Gasteiger partial charge in [-0.1, -0.05) is 42.7 Å². The van der Waals surface area contributed by atoms with Crippen molar-refractivity contribution >= 4 is 29.7 Å². The van der Waals surface area contributed by atoms with Gasteiger partial charge in [-0.15, -0.1) is 23.7 Å². The third-order valence-electron chi connectivity index (χ3n) is 4.57. The maximum atomic E-state index is 13.1. The van der Waals surface area contributed by atoms with E-state index >= 15 is 0 Å². The van der Waals surface area contributed by atoms with Crippen LogP contribution in [0.1, 0.15) is 58.3 Å². The SMILES string of the molecule is Cc1cccc(C2CCCCCN2C(=O)c2csc(CCN)n2)c1.Cl. The molecule has 1 aromatic carbocycles. The van der Waals surface area contributed by atoms with Crippen LogP contribution < -0.4 is 5.73 Å². The molecule has 3 rings (SSSR count). The third-order valence-corrected chi connectivity index (χ3v) is 5.48. The smallest absolute Gasteiger partial charge is 0.273 e. The highest BCUT2D eigenvalue weighted by molar-refractivity contribution is 7.09. The normalized spacial score (nSPS) is 17.7. The van der Waals surface area contributed by atoms with Gasteiger partial charge in [-0.25, -0.2) is 4.98 Å². The van der Waals surface area contributed by atoms with Crippen LogP contribution in [0.25, 0.3) is 0 Å². The molecule has 0 bridgehead atoms. The van der Waals surface area contributed by atoms with Crippen LogP contribution in [0.2, 0.25) is 0 Å². The number of amides is 1. The highest BCUT2D eigenvalue weighted by atomic mass is 35.5. The first-order valence-electron chi connectivity index (χ1n) is 8.71. The largest absolute Gasteiger partial charge is 0.330 e. The van der Waals surface area contributed by atoms with E-state index in [1.807, 2.05) is 10.3 Å². The number of benzene rings is 1. The van der Waals surface area contributed by atoms with E-state index in [-0.39, 0.29) is 24.4 Å². The number of hydrogen-bond donors (Lipinski definition) is 1. The number of aromatic nitrogens is 1. The minimum absolute atomic E-state index is 0. The van der Waals surface area contributed by atoms with Crippen LogP contribution in [0.3, 0.4) is 0 Å². The van der Waals surface area contributed by atoms with E-state index in [0.717, 1.165) is 37.2 Å². The summed E-state index contributed by atoms with van der Waals surface area (Å²) in [7, 11) is 0. The molecule has 2 heterocycles. The minimum Gasteiger partial charge on any atom is -0.330 e. The average Bonchev–Trinajstić information content (AvgIpc) is 2.90. The summed E-state index contributed by atoms with van der Waals surface area (Å²) < 4.78 is 0. The topological polar surface area (TPSA) is 59.2 Å². The Bertz CT molecular complexity index is 703. The molecule has 0 radical (unpaired) electrons. The Morgan fingerprint density at radius 1 is 1.36 bits per heavy atom. The van der Waals surface area contributed by atoms with Crippen LogP contribution in [0.5, 0.6) is 0 Å². The van der Waals surface area contributed by atoms with Crippen LogP contribution in [0.15, 0.2) is 29.6 Å². The van der Waals surface area contributed by atoms with E-state index in [9.17, 15) is 4.79 Å². The predicted octanol–water partition coefficient (Wildman–Crippen LogP) is 4.13. The average molecular weight is 380 g/mol. The summed E-state index contributed by atoms with van der Waals surface area (Å²) in [5, 5.41) is 2.83. The molecular formula is C19H26ClN3OS. The van der Waals surface area contributed by atoms with Gasteiger partial charge in [-0.2, -0.15) is 0 Å². The van der Waals surface area contributed by atoms with E-state index in [0.29, 0.717) is 12.2 Å². The number of rotatable bonds is 4. The van der Waals surface area contributed by atoms with Gasteiger partial charge in [0.25, 0.3) is 5.91 Å². The van der Waals surface area contributed by atoms with Crippen molar-refractivity contribution in [3.63, 3.8) is 0 Å². The number of aryl methyl sites for hydroxylation is 1. The van der Waals surface area contributed by atoms with Crippen molar-refractivity contribution in [2.24, 2.45) is 5.73 Å². The molecule has 1 aliphatic heterocycles. The van der Waals surface area contributed by atoms with Crippen molar-refractivity contribution in [2.75, 3.05) is 13.1 Å². The van der Waals surface area contributed by atoms with Gasteiger partial charge in [0.15, 0.2) is 0 Å². The maximum absolute atomic E-state index is 13.1. The molecule has 0 saturated carbocycles. The summed E-state index contributed by atoms with van der Waals surface area (Å²) >= 11 is 1.53. The van der Waals surface area contributed by atoms with E-state index in [1.54, 1.807) is 0 Å². The molecule has 1 aliphatic rings. The number of nitrogens with two attached hydrogens (primary N) is 1. The fourth-order valence-corrected chi connectivity index (χ4v) is 4.16. The number of hydrogen-bond acceptors (Lipinski definition) is 4. The molecule has 2 N–H and O–H groups in total. The van der Waals surface area contributed by atoms with E-state index in [2.05, 4.69) is 36.2 Å². The second kappa shape index (κ2) is 9.32. The minimum atomic E-state index is 0. The zero-order chi connectivity index (χ0) is 16.9. The number of halogens is 1. The van der Waals surface area contributed by atoms with Crippen molar-refractivity contribution in [2.45, 2.75) is 45.1 Å². The maximum Gasteiger partial charge on any atom is 0.273 e. The molecule has 1 unspecified atom stereocenters. The first-order chi connectivity index (χ1) is 11.7. The molecule has 1 aromatic heterocycles. The molecule has 0 aliphatic carbocycles. The lowest BCUT2D eigenvalue weighted by Gasteiger charge is -2.30. The highest BCUT2D eigenvalue weighted by Gasteiger charge is 2.28. The van der Waals surface area contributed by atoms with Gasteiger partial charge in [0.2, 0.25) is 0 Å². The van der Waals surface area contributed by atoms with Crippen molar-refractivity contribution < 1.29 is 4.79 Å². The van der Waals surface area contributed by atoms with Gasteiger partial charge in [0.1, 0.15) is 5.69 Å². The Morgan fingerprint density at radius 2 is 2.20 bits per heavy atom. The molecule has 6 heteroatoms. The van der Waals surface area contributed by atoms with Crippen molar-refractivity contribution in [1.82, 2.24) is 9.88 Å². The van der Waals surface area contributed by atoms with Gasteiger partial charge in [0.05, 0.1) is 11.0 Å². The summed E-state index contributed by atoms with van der Waals surface area (Å²) in [6.45, 7) is 3.48. The van der Waals surface area contributed by atoms with Crippen LogP contribution in [-0.4, -0.2) is 28.9 Å². The first kappa shape index (κ1) is 19.9. The molecule has 0 spiro atoms. The second-order valence-corrected chi connectivity index (χ2v) is 7.39. The second-order valence-electron chi connectivity index (χ2n) is 6.44. The van der Waals surface area contributed by atoms with Gasteiger partial charge >= 0.3 is 0 Å². The molecule has 136 valence electrons. The highest BCUT2D eigenvalue weighted by Crippen LogP contribution is 2.32. The molecular weight excluding hydrogens is 354 g/mol. The third kappa shape index (κ3) is 4.81. The monoisotopic (exact) mass is 379 g/mol. The molecule has 25 heavy (non-hydrogen) atoms. The van der Waals surface area contributed by atoms with Gasteiger partial charge in [-0.3, -0.25) is 4.79 Å². The molecule has 4 nitrogen and oxygen atoms in total. The zero-order valence-electron chi connectivity index (χ0n) is 14.6. The standard InChI is InChI=1S/C19H25N3OS.ClH/c1-14-6-5-7-15(12-14)17-8-3-2-4-11-22(17)19(23)16-13-24-18(21-16)9-10-20;/h5-7,12-13,17H,2-4,8-11,20H2,1H3;1H. The first-order valence-corrected chi connectivity index (χ1v) is 9.59. The lowest BCUT2D eigenvalue weighted by Crippen LogP contribution is -2.35. The van der Waals surface area contributed by atoms with Gasteiger partial charge in [0, 0.05) is 18.3 Å². The summed E-state index contributed by atoms with van der Waals surface area (Å²) in [6.07, 6.45) is 5.17. The number of carbonyl (C=O) groups is 1. The lowest BCUT2D eigenvalue weighted by atomic mass is 9.99.